The van der Waals surface area contributed by atoms with Crippen molar-refractivity contribution in [2.75, 3.05) is 0 Å². The molecule has 1 aliphatic carbocycles. The van der Waals surface area contributed by atoms with Gasteiger partial charge >= 0.3 is 5.97 Å². The minimum atomic E-state index is -0.824. The number of aliphatic carboxylic acids is 1. The molecule has 2 aromatic rings. The normalized spacial score (nSPS) is 18.8. The van der Waals surface area contributed by atoms with Crippen LogP contribution in [0, 0.1) is 24.2 Å². The summed E-state index contributed by atoms with van der Waals surface area (Å²) in [4.78, 5) is 10.8. The van der Waals surface area contributed by atoms with E-state index in [-0.39, 0.29) is 6.10 Å². The Morgan fingerprint density at radius 3 is 2.70 bits per heavy atom. The van der Waals surface area contributed by atoms with E-state index in [9.17, 15) is 4.79 Å². The Bertz CT molecular complexity index is 794. The van der Waals surface area contributed by atoms with E-state index >= 15 is 0 Å². The Hall–Kier alpha value is -3.00. The number of carbonyl (C=O) groups is 1. The zero-order chi connectivity index (χ0) is 16.4. The molecule has 0 radical (unpaired) electrons. The van der Waals surface area contributed by atoms with Gasteiger partial charge in [0.25, 0.3) is 0 Å². The van der Waals surface area contributed by atoms with Crippen LogP contribution in [0.1, 0.15) is 17.5 Å². The van der Waals surface area contributed by atoms with Crippen LogP contribution in [0.4, 0.5) is 0 Å². The largest absolute Gasteiger partial charge is 0.489 e. The molecule has 0 bridgehead atoms. The Labute approximate surface area is 133 Å². The summed E-state index contributed by atoms with van der Waals surface area (Å²) in [7, 11) is 0. The molecule has 0 amide bonds. The second-order valence-corrected chi connectivity index (χ2v) is 5.51. The van der Waals surface area contributed by atoms with Gasteiger partial charge in [0.15, 0.2) is 0 Å². The average Bonchev–Trinajstić information content (AvgIpc) is 3.29. The smallest absolute Gasteiger partial charge is 0.310 e. The lowest BCUT2D eigenvalue weighted by Gasteiger charge is -2.11. The molecule has 3 rings (SSSR count). The highest BCUT2D eigenvalue weighted by Gasteiger charge is 2.45. The Morgan fingerprint density at radius 2 is 2.04 bits per heavy atom. The van der Waals surface area contributed by atoms with Crippen LogP contribution in [-0.2, 0) is 4.79 Å². The van der Waals surface area contributed by atoms with Crippen molar-refractivity contribution in [1.29, 1.82) is 5.26 Å². The van der Waals surface area contributed by atoms with Crippen LogP contribution in [0.5, 0.6) is 17.2 Å². The van der Waals surface area contributed by atoms with E-state index in [1.807, 2.05) is 6.92 Å². The molecule has 2 aromatic carbocycles. The van der Waals surface area contributed by atoms with Crippen molar-refractivity contribution in [2.24, 2.45) is 5.92 Å². The molecular weight excluding hydrogens is 294 g/mol. The number of rotatable bonds is 5. The van der Waals surface area contributed by atoms with Crippen molar-refractivity contribution in [3.63, 3.8) is 0 Å². The summed E-state index contributed by atoms with van der Waals surface area (Å²) in [5.74, 6) is 0.609. The van der Waals surface area contributed by atoms with Crippen LogP contribution in [0.3, 0.4) is 0 Å². The lowest BCUT2D eigenvalue weighted by atomic mass is 10.1. The van der Waals surface area contributed by atoms with Gasteiger partial charge in [0.2, 0.25) is 0 Å². The third-order valence-electron chi connectivity index (χ3n) is 3.67. The van der Waals surface area contributed by atoms with E-state index in [4.69, 9.17) is 19.8 Å². The van der Waals surface area contributed by atoms with Crippen LogP contribution in [0.25, 0.3) is 0 Å². The summed E-state index contributed by atoms with van der Waals surface area (Å²) in [6.07, 6.45) is 0.272. The van der Waals surface area contributed by atoms with E-state index < -0.39 is 11.9 Å². The maximum Gasteiger partial charge on any atom is 0.310 e. The fraction of sp³-hybridized carbons (Fsp3) is 0.222. The lowest BCUT2D eigenvalue weighted by Crippen LogP contribution is -2.07. The number of carboxylic acids is 1. The van der Waals surface area contributed by atoms with Gasteiger partial charge in [-0.15, -0.1) is 0 Å². The zero-order valence-corrected chi connectivity index (χ0v) is 12.5. The summed E-state index contributed by atoms with van der Waals surface area (Å²) in [6.45, 7) is 1.87. The number of nitrogens with zero attached hydrogens (tertiary/aromatic N) is 1. The van der Waals surface area contributed by atoms with Gasteiger partial charge in [-0.25, -0.2) is 0 Å². The molecule has 1 fully saturated rings. The highest BCUT2D eigenvalue weighted by atomic mass is 16.5. The number of benzene rings is 2. The van der Waals surface area contributed by atoms with Gasteiger partial charge in [-0.2, -0.15) is 5.26 Å². The molecule has 0 unspecified atom stereocenters. The topological polar surface area (TPSA) is 79.5 Å². The number of ether oxygens (including phenoxy) is 2. The number of carboxylic acid groups (broad SMARTS) is 1. The Morgan fingerprint density at radius 1 is 1.26 bits per heavy atom. The minimum absolute atomic E-state index is 0.264. The number of hydrogen-bond donors (Lipinski definition) is 1. The summed E-state index contributed by atoms with van der Waals surface area (Å²) < 4.78 is 11.5. The van der Waals surface area contributed by atoms with Crippen molar-refractivity contribution in [2.45, 2.75) is 19.4 Å². The van der Waals surface area contributed by atoms with Crippen LogP contribution in [0.15, 0.2) is 42.5 Å². The molecule has 0 saturated heterocycles. The van der Waals surface area contributed by atoms with Crippen molar-refractivity contribution in [3.8, 4) is 23.3 Å². The van der Waals surface area contributed by atoms with Gasteiger partial charge < -0.3 is 14.6 Å². The predicted octanol–water partition coefficient (Wildman–Crippen LogP) is 3.51. The Balaban J connectivity index is 1.71. The second-order valence-electron chi connectivity index (χ2n) is 5.51. The van der Waals surface area contributed by atoms with Gasteiger partial charge in [-0.05, 0) is 42.8 Å². The molecule has 0 aromatic heterocycles. The lowest BCUT2D eigenvalue weighted by molar-refractivity contribution is -0.139. The van der Waals surface area contributed by atoms with Crippen LogP contribution < -0.4 is 9.47 Å². The fourth-order valence-corrected chi connectivity index (χ4v) is 2.31. The van der Waals surface area contributed by atoms with Crippen molar-refractivity contribution in [1.82, 2.24) is 0 Å². The first-order valence-corrected chi connectivity index (χ1v) is 7.25. The van der Waals surface area contributed by atoms with E-state index in [0.29, 0.717) is 29.2 Å². The summed E-state index contributed by atoms with van der Waals surface area (Å²) >= 11 is 0. The first-order chi connectivity index (χ1) is 11.1. The quantitative estimate of drug-likeness (QED) is 0.914. The molecule has 0 aliphatic heterocycles. The van der Waals surface area contributed by atoms with Crippen molar-refractivity contribution >= 4 is 5.97 Å². The number of nitriles is 1. The summed E-state index contributed by atoms with van der Waals surface area (Å²) in [5, 5.41) is 17.8. The number of aryl methyl sites for hydroxylation is 1. The maximum atomic E-state index is 10.8. The third-order valence-corrected chi connectivity index (χ3v) is 3.67. The summed E-state index contributed by atoms with van der Waals surface area (Å²) in [6, 6.07) is 14.4. The molecule has 1 saturated carbocycles. The van der Waals surface area contributed by atoms with Gasteiger partial charge in [-0.1, -0.05) is 6.07 Å². The molecule has 23 heavy (non-hydrogen) atoms. The molecule has 0 heterocycles. The molecule has 5 nitrogen and oxygen atoms in total. The standard InChI is InChI=1S/C18H15NO4/c1-11-7-12(10-19)5-6-16(11)22-13-3-2-4-14(8-13)23-17-9-15(17)18(20)21/h2-8,15,17H,9H2,1H3,(H,20,21)/t15-,17-/m1/s1. The monoisotopic (exact) mass is 309 g/mol. The molecule has 0 spiro atoms. The van der Waals surface area contributed by atoms with Gasteiger partial charge in [0, 0.05) is 12.5 Å². The van der Waals surface area contributed by atoms with Crippen LogP contribution in [-0.4, -0.2) is 17.2 Å². The fourth-order valence-electron chi connectivity index (χ4n) is 2.31. The molecule has 1 aliphatic rings. The average molecular weight is 309 g/mol. The van der Waals surface area contributed by atoms with E-state index in [1.54, 1.807) is 42.5 Å². The third kappa shape index (κ3) is 3.43. The number of hydrogen-bond acceptors (Lipinski definition) is 4. The molecule has 116 valence electrons. The minimum Gasteiger partial charge on any atom is -0.489 e. The molecular formula is C18H15NO4. The van der Waals surface area contributed by atoms with Gasteiger partial charge in [-0.3, -0.25) is 4.79 Å². The molecule has 5 heteroatoms. The highest BCUT2D eigenvalue weighted by Crippen LogP contribution is 2.36. The van der Waals surface area contributed by atoms with Gasteiger partial charge in [0.1, 0.15) is 23.4 Å². The van der Waals surface area contributed by atoms with Gasteiger partial charge in [0.05, 0.1) is 17.6 Å². The van der Waals surface area contributed by atoms with Crippen LogP contribution >= 0.6 is 0 Å². The van der Waals surface area contributed by atoms with E-state index in [1.165, 1.54) is 0 Å². The molecule has 2 atom stereocenters. The SMILES string of the molecule is Cc1cc(C#N)ccc1Oc1cccc(O[C@@H]2C[C@H]2C(=O)O)c1. The highest BCUT2D eigenvalue weighted by molar-refractivity contribution is 5.74. The van der Waals surface area contributed by atoms with Crippen molar-refractivity contribution in [3.05, 3.63) is 53.6 Å². The maximum absolute atomic E-state index is 10.8. The summed E-state index contributed by atoms with van der Waals surface area (Å²) in [5.41, 5.74) is 1.45. The first kappa shape index (κ1) is 14.9. The Kier molecular flexibility index (Phi) is 3.90. The first-order valence-electron chi connectivity index (χ1n) is 7.25. The van der Waals surface area contributed by atoms with Crippen LogP contribution in [0.2, 0.25) is 0 Å². The van der Waals surface area contributed by atoms with Crippen molar-refractivity contribution < 1.29 is 19.4 Å². The zero-order valence-electron chi connectivity index (χ0n) is 12.5. The molecule has 1 N–H and O–H groups in total. The predicted molar refractivity (Wildman–Crippen MR) is 82.6 cm³/mol. The van der Waals surface area contributed by atoms with E-state index in [2.05, 4.69) is 6.07 Å². The van der Waals surface area contributed by atoms with E-state index in [0.717, 1.165) is 5.56 Å². The second kappa shape index (κ2) is 6.01.